The van der Waals surface area contributed by atoms with Gasteiger partial charge in [-0.05, 0) is 17.3 Å². The van der Waals surface area contributed by atoms with Crippen molar-refractivity contribution in [2.45, 2.75) is 32.6 Å². The topological polar surface area (TPSA) is 72.5 Å². The number of ether oxygens (including phenoxy) is 6. The minimum absolute atomic E-state index is 0.280. The highest BCUT2D eigenvalue weighted by atomic mass is 127. The molecule has 8 heteroatoms. The molecule has 0 aliphatic rings. The summed E-state index contributed by atoms with van der Waals surface area (Å²) in [5, 5.41) is 0. The molecular formula is C18H35IO7. The molecule has 0 fully saturated rings. The number of esters is 1. The molecule has 0 aliphatic heterocycles. The van der Waals surface area contributed by atoms with E-state index in [0.29, 0.717) is 59.5 Å². The summed E-state index contributed by atoms with van der Waals surface area (Å²) in [5.74, 6) is -0.295. The number of rotatable bonds is 21. The van der Waals surface area contributed by atoms with Crippen LogP contribution < -0.4 is 0 Å². The van der Waals surface area contributed by atoms with E-state index < -0.39 is 0 Å². The maximum atomic E-state index is 10.5. The molecule has 0 N–H and O–H groups in total. The molecule has 0 amide bonds. The van der Waals surface area contributed by atoms with E-state index >= 15 is 0 Å². The minimum atomic E-state index is -0.295. The standard InChI is InChI=1S/C18H35IO7/c1-18(20)26-17-16-25-15-14-24-13-12-23-11-10-22-9-8-21-7-5-3-2-4-6-19/h2-17H2,1H3. The molecule has 0 unspecified atom stereocenters. The van der Waals surface area contributed by atoms with Gasteiger partial charge in [-0.25, -0.2) is 0 Å². The van der Waals surface area contributed by atoms with Crippen molar-refractivity contribution < 1.29 is 33.2 Å². The smallest absolute Gasteiger partial charge is 0.302 e. The Bertz CT molecular complexity index is 293. The van der Waals surface area contributed by atoms with Crippen molar-refractivity contribution in [2.24, 2.45) is 0 Å². The van der Waals surface area contributed by atoms with Gasteiger partial charge >= 0.3 is 5.97 Å². The molecular weight excluding hydrogens is 455 g/mol. The summed E-state index contributed by atoms with van der Waals surface area (Å²) in [5.41, 5.74) is 0. The lowest BCUT2D eigenvalue weighted by molar-refractivity contribution is -0.142. The average Bonchev–Trinajstić information content (AvgIpc) is 2.62. The Hall–Kier alpha value is -0.000000000000000222. The SMILES string of the molecule is CC(=O)OCCOCCOCCOCCOCCOCCCCCCI. The maximum absolute atomic E-state index is 10.5. The monoisotopic (exact) mass is 490 g/mol. The summed E-state index contributed by atoms with van der Waals surface area (Å²) in [6, 6.07) is 0. The molecule has 0 heterocycles. The van der Waals surface area contributed by atoms with Gasteiger partial charge in [0, 0.05) is 13.5 Å². The number of hydrogen-bond donors (Lipinski definition) is 0. The van der Waals surface area contributed by atoms with Gasteiger partial charge < -0.3 is 28.4 Å². The van der Waals surface area contributed by atoms with Gasteiger partial charge in [0.1, 0.15) is 6.61 Å². The van der Waals surface area contributed by atoms with E-state index in [0.717, 1.165) is 13.0 Å². The molecule has 0 aromatic carbocycles. The highest BCUT2D eigenvalue weighted by Gasteiger charge is 1.95. The van der Waals surface area contributed by atoms with E-state index in [9.17, 15) is 4.79 Å². The zero-order chi connectivity index (χ0) is 19.1. The van der Waals surface area contributed by atoms with Crippen LogP contribution in [0.25, 0.3) is 0 Å². The summed E-state index contributed by atoms with van der Waals surface area (Å²) < 4.78 is 32.9. The van der Waals surface area contributed by atoms with Crippen molar-refractivity contribution in [2.75, 3.05) is 77.1 Å². The van der Waals surface area contributed by atoms with Gasteiger partial charge in [0.25, 0.3) is 0 Å². The van der Waals surface area contributed by atoms with Gasteiger partial charge in [0.2, 0.25) is 0 Å². The highest BCUT2D eigenvalue weighted by molar-refractivity contribution is 14.1. The van der Waals surface area contributed by atoms with Crippen molar-refractivity contribution in [3.8, 4) is 0 Å². The number of hydrogen-bond acceptors (Lipinski definition) is 7. The summed E-state index contributed by atoms with van der Waals surface area (Å²) in [7, 11) is 0. The first-order valence-corrected chi connectivity index (χ1v) is 10.9. The van der Waals surface area contributed by atoms with Gasteiger partial charge in [0.05, 0.1) is 59.5 Å². The highest BCUT2D eigenvalue weighted by Crippen LogP contribution is 2.02. The first-order chi connectivity index (χ1) is 12.8. The van der Waals surface area contributed by atoms with Crippen LogP contribution in [0.1, 0.15) is 32.6 Å². The molecule has 0 bridgehead atoms. The van der Waals surface area contributed by atoms with Gasteiger partial charge in [-0.3, -0.25) is 4.79 Å². The van der Waals surface area contributed by atoms with E-state index in [1.807, 2.05) is 0 Å². The Morgan fingerprint density at radius 3 is 1.38 bits per heavy atom. The molecule has 7 nitrogen and oxygen atoms in total. The second-order valence-electron chi connectivity index (χ2n) is 5.51. The zero-order valence-corrected chi connectivity index (χ0v) is 18.2. The second kappa shape index (κ2) is 23.0. The summed E-state index contributed by atoms with van der Waals surface area (Å²) in [6.45, 7) is 7.27. The van der Waals surface area contributed by atoms with Crippen molar-refractivity contribution in [1.82, 2.24) is 0 Å². The molecule has 156 valence electrons. The lowest BCUT2D eigenvalue weighted by atomic mass is 10.2. The number of carbonyl (C=O) groups excluding carboxylic acids is 1. The Kier molecular flexibility index (Phi) is 23.0. The van der Waals surface area contributed by atoms with E-state index in [1.165, 1.54) is 30.6 Å². The number of unbranched alkanes of at least 4 members (excludes halogenated alkanes) is 3. The maximum Gasteiger partial charge on any atom is 0.302 e. The van der Waals surface area contributed by atoms with Crippen LogP contribution in [0.2, 0.25) is 0 Å². The van der Waals surface area contributed by atoms with Gasteiger partial charge in [-0.1, -0.05) is 35.4 Å². The van der Waals surface area contributed by atoms with Crippen LogP contribution in [0.5, 0.6) is 0 Å². The second-order valence-corrected chi connectivity index (χ2v) is 6.58. The third kappa shape index (κ3) is 24.0. The minimum Gasteiger partial charge on any atom is -0.463 e. The van der Waals surface area contributed by atoms with Crippen LogP contribution in [-0.4, -0.2) is 83.1 Å². The molecule has 0 spiro atoms. The fourth-order valence-corrected chi connectivity index (χ4v) is 2.42. The van der Waals surface area contributed by atoms with Crippen molar-refractivity contribution in [3.63, 3.8) is 0 Å². The lowest BCUT2D eigenvalue weighted by Gasteiger charge is -2.08. The van der Waals surface area contributed by atoms with E-state index in [4.69, 9.17) is 28.4 Å². The van der Waals surface area contributed by atoms with Crippen LogP contribution in [-0.2, 0) is 33.2 Å². The first-order valence-electron chi connectivity index (χ1n) is 9.35. The van der Waals surface area contributed by atoms with Gasteiger partial charge in [-0.2, -0.15) is 0 Å². The van der Waals surface area contributed by atoms with E-state index in [1.54, 1.807) is 0 Å². The molecule has 0 rings (SSSR count). The first kappa shape index (κ1) is 26.0. The largest absolute Gasteiger partial charge is 0.463 e. The predicted octanol–water partition coefficient (Wildman–Crippen LogP) is 2.63. The van der Waals surface area contributed by atoms with Crippen molar-refractivity contribution >= 4 is 28.6 Å². The van der Waals surface area contributed by atoms with Crippen LogP contribution in [0.3, 0.4) is 0 Å². The van der Waals surface area contributed by atoms with Crippen LogP contribution in [0.15, 0.2) is 0 Å². The number of alkyl halides is 1. The van der Waals surface area contributed by atoms with Crippen LogP contribution in [0.4, 0.5) is 0 Å². The quantitative estimate of drug-likeness (QED) is 0.106. The lowest BCUT2D eigenvalue weighted by Crippen LogP contribution is -2.14. The molecule has 0 saturated carbocycles. The molecule has 26 heavy (non-hydrogen) atoms. The fourth-order valence-electron chi connectivity index (χ4n) is 1.88. The van der Waals surface area contributed by atoms with Crippen LogP contribution in [0, 0.1) is 0 Å². The summed E-state index contributed by atoms with van der Waals surface area (Å²) in [6.07, 6.45) is 4.99. The van der Waals surface area contributed by atoms with Gasteiger partial charge in [-0.15, -0.1) is 0 Å². The summed E-state index contributed by atoms with van der Waals surface area (Å²) in [4.78, 5) is 10.5. The van der Waals surface area contributed by atoms with E-state index in [2.05, 4.69) is 22.6 Å². The average molecular weight is 490 g/mol. The number of halogens is 1. The Morgan fingerprint density at radius 2 is 0.962 bits per heavy atom. The molecule has 0 aromatic heterocycles. The predicted molar refractivity (Wildman–Crippen MR) is 108 cm³/mol. The van der Waals surface area contributed by atoms with E-state index in [-0.39, 0.29) is 12.6 Å². The van der Waals surface area contributed by atoms with Crippen LogP contribution >= 0.6 is 22.6 Å². The normalized spacial score (nSPS) is 11.0. The molecule has 0 atom stereocenters. The molecule has 0 saturated heterocycles. The fraction of sp³-hybridized carbons (Fsp3) is 0.944. The Labute approximate surface area is 171 Å². The number of carbonyl (C=O) groups is 1. The Morgan fingerprint density at radius 1 is 0.577 bits per heavy atom. The van der Waals surface area contributed by atoms with Gasteiger partial charge in [0.15, 0.2) is 0 Å². The zero-order valence-electron chi connectivity index (χ0n) is 16.0. The third-order valence-corrected chi connectivity index (χ3v) is 3.96. The van der Waals surface area contributed by atoms with Crippen molar-refractivity contribution in [3.05, 3.63) is 0 Å². The molecule has 0 aliphatic carbocycles. The molecule has 0 radical (unpaired) electrons. The van der Waals surface area contributed by atoms with Crippen molar-refractivity contribution in [1.29, 1.82) is 0 Å². The Balaban J connectivity index is 2.98. The third-order valence-electron chi connectivity index (χ3n) is 3.19. The summed E-state index contributed by atoms with van der Waals surface area (Å²) >= 11 is 2.41. The molecule has 0 aromatic rings.